The Morgan fingerprint density at radius 2 is 1.64 bits per heavy atom. The molecule has 53 heavy (non-hydrogen) atoms. The van der Waals surface area contributed by atoms with Crippen molar-refractivity contribution in [3.05, 3.63) is 108 Å². The third-order valence-corrected chi connectivity index (χ3v) is 11.6. The predicted octanol–water partition coefficient (Wildman–Crippen LogP) is 9.51. The molecule has 1 unspecified atom stereocenters. The number of nitrogens with zero attached hydrogens (tertiary/aromatic N) is 4. The molecule has 9 nitrogen and oxygen atoms in total. The van der Waals surface area contributed by atoms with E-state index in [1.807, 2.05) is 21.7 Å². The summed E-state index contributed by atoms with van der Waals surface area (Å²) in [5, 5.41) is 8.21. The van der Waals surface area contributed by atoms with E-state index in [9.17, 15) is 17.2 Å². The fourth-order valence-electron chi connectivity index (χ4n) is 7.39. The molecule has 0 spiro atoms. The number of sulfonamides is 1. The third kappa shape index (κ3) is 8.57. The minimum absolute atomic E-state index is 0.000159. The van der Waals surface area contributed by atoms with E-state index < -0.39 is 38.1 Å². The molecule has 1 saturated heterocycles. The van der Waals surface area contributed by atoms with E-state index in [0.29, 0.717) is 23.1 Å². The second-order valence-electron chi connectivity index (χ2n) is 13.8. The van der Waals surface area contributed by atoms with Gasteiger partial charge < -0.3 is 10.1 Å². The monoisotopic (exact) mass is 744 g/mol. The molecule has 1 saturated carbocycles. The number of nitrogens with one attached hydrogen (secondary N) is 2. The number of ether oxygens (including phenoxy) is 1. The van der Waals surface area contributed by atoms with Crippen LogP contribution in [0.3, 0.4) is 0 Å². The zero-order valence-electron chi connectivity index (χ0n) is 29.4. The van der Waals surface area contributed by atoms with Gasteiger partial charge in [-0.3, -0.25) is 9.40 Å². The van der Waals surface area contributed by atoms with E-state index in [1.54, 1.807) is 12.3 Å². The van der Waals surface area contributed by atoms with Crippen LogP contribution in [0.5, 0.6) is 0 Å². The molecule has 2 aromatic carbocycles. The van der Waals surface area contributed by atoms with Gasteiger partial charge in [0.1, 0.15) is 17.3 Å². The summed E-state index contributed by atoms with van der Waals surface area (Å²) in [4.78, 5) is 8.13. The van der Waals surface area contributed by atoms with Crippen molar-refractivity contribution in [2.24, 2.45) is 5.92 Å². The third-order valence-electron chi connectivity index (χ3n) is 10.2. The van der Waals surface area contributed by atoms with E-state index in [-0.39, 0.29) is 17.3 Å². The fraction of sp³-hybridized carbons (Fsp3) is 0.375. The summed E-state index contributed by atoms with van der Waals surface area (Å²) in [5.41, 5.74) is 3.03. The first-order valence-electron chi connectivity index (χ1n) is 18.4. The molecule has 0 bridgehead atoms. The molecule has 13 heteroatoms. The molecule has 3 aliphatic rings. The molecule has 3 heterocycles. The van der Waals surface area contributed by atoms with Crippen LogP contribution in [0.1, 0.15) is 76.7 Å². The lowest BCUT2D eigenvalue weighted by molar-refractivity contribution is 0.105. The van der Waals surface area contributed by atoms with Gasteiger partial charge in [-0.1, -0.05) is 55.5 Å². The van der Waals surface area contributed by atoms with Crippen molar-refractivity contribution < 1.29 is 26.3 Å². The molecule has 2 aliphatic carbocycles. The Bertz CT molecular complexity index is 2110. The van der Waals surface area contributed by atoms with Gasteiger partial charge in [0, 0.05) is 42.4 Å². The van der Waals surface area contributed by atoms with E-state index >= 15 is 4.39 Å². The minimum Gasteiger partial charge on any atom is -0.381 e. The summed E-state index contributed by atoms with van der Waals surface area (Å²) in [6.45, 7) is 1.62. The first-order valence-corrected chi connectivity index (χ1v) is 19.9. The number of anilines is 2. The van der Waals surface area contributed by atoms with Gasteiger partial charge in [-0.2, -0.15) is 5.10 Å². The van der Waals surface area contributed by atoms with Gasteiger partial charge in [-0.15, -0.1) is 0 Å². The average molecular weight is 745 g/mol. The highest BCUT2D eigenvalue weighted by Crippen LogP contribution is 2.38. The van der Waals surface area contributed by atoms with Gasteiger partial charge in [0.15, 0.2) is 10.7 Å². The molecule has 0 radical (unpaired) electrons. The van der Waals surface area contributed by atoms with E-state index in [0.717, 1.165) is 108 Å². The standard InChI is InChI=1S/C40H43F3N6O3S/c41-33-16-9-17-34(42)39(33)53(50,51)48-36-18-8-15-31(37(36)43)38-32(26-49(47-38)30-13-2-1-3-14-30)35-21-23-44-40(46-35)45-29-12-5-4-10-27(19-20-29)28-11-6-7-24-52-25-22-28/h5,8-9,12,15-21,23,26,28,30,48H,1-4,6-7,10-11,13-14,22,24-25H2,(H,44,45,46)/b12-5?,27-19+,29-20?. The zero-order valence-corrected chi connectivity index (χ0v) is 30.2. The molecule has 2 fully saturated rings. The first kappa shape index (κ1) is 36.6. The quantitative estimate of drug-likeness (QED) is 0.176. The van der Waals surface area contributed by atoms with Gasteiger partial charge in [0.25, 0.3) is 10.0 Å². The summed E-state index contributed by atoms with van der Waals surface area (Å²) in [5.74, 6) is -2.68. The van der Waals surface area contributed by atoms with E-state index in [4.69, 9.17) is 14.8 Å². The summed E-state index contributed by atoms with van der Waals surface area (Å²) < 4.78 is 81.1. The highest BCUT2D eigenvalue weighted by atomic mass is 32.2. The Labute approximate surface area is 308 Å². The predicted molar refractivity (Wildman–Crippen MR) is 199 cm³/mol. The maximum Gasteiger partial charge on any atom is 0.267 e. The number of halogens is 3. The Balaban J connectivity index is 1.21. The number of allylic oxidation sites excluding steroid dienone is 5. The summed E-state index contributed by atoms with van der Waals surface area (Å²) in [7, 11) is -4.82. The smallest absolute Gasteiger partial charge is 0.267 e. The topological polar surface area (TPSA) is 111 Å². The molecule has 1 aliphatic heterocycles. The van der Waals surface area contributed by atoms with Crippen LogP contribution >= 0.6 is 0 Å². The van der Waals surface area contributed by atoms with Crippen molar-refractivity contribution in [3.8, 4) is 22.5 Å². The van der Waals surface area contributed by atoms with Crippen LogP contribution in [-0.4, -0.2) is 41.4 Å². The Morgan fingerprint density at radius 3 is 2.47 bits per heavy atom. The SMILES string of the molecule is O=S(=O)(Nc1cccc(-c2nn(C3CCCCC3)cc2-c2ccnc(NC3=C/C=C(/C4CCCCOCC4)CCC=C3)n2)c1F)c1c(F)cccc1F. The summed E-state index contributed by atoms with van der Waals surface area (Å²) in [6.07, 6.45) is 23.3. The summed E-state index contributed by atoms with van der Waals surface area (Å²) >= 11 is 0. The van der Waals surface area contributed by atoms with Crippen LogP contribution in [0.25, 0.3) is 22.5 Å². The van der Waals surface area contributed by atoms with Crippen LogP contribution in [0.4, 0.5) is 24.8 Å². The maximum atomic E-state index is 16.4. The van der Waals surface area contributed by atoms with Crippen LogP contribution in [0.2, 0.25) is 0 Å². The molecular formula is C40H43F3N6O3S. The van der Waals surface area contributed by atoms with Gasteiger partial charge in [-0.25, -0.2) is 31.6 Å². The largest absolute Gasteiger partial charge is 0.381 e. The number of aromatic nitrogens is 4. The molecule has 0 amide bonds. The maximum absolute atomic E-state index is 16.4. The number of hydrogen-bond donors (Lipinski definition) is 2. The van der Waals surface area contributed by atoms with Gasteiger partial charge in [0.05, 0.1) is 17.4 Å². The molecule has 1 atom stereocenters. The number of rotatable bonds is 9. The van der Waals surface area contributed by atoms with Crippen LogP contribution in [-0.2, 0) is 14.8 Å². The molecule has 7 rings (SSSR count). The van der Waals surface area contributed by atoms with Crippen molar-refractivity contribution in [3.63, 3.8) is 0 Å². The molecule has 2 aromatic heterocycles. The van der Waals surface area contributed by atoms with Crippen molar-refractivity contribution in [1.29, 1.82) is 0 Å². The fourth-order valence-corrected chi connectivity index (χ4v) is 8.59. The zero-order chi connectivity index (χ0) is 36.8. The number of benzene rings is 2. The van der Waals surface area contributed by atoms with Crippen molar-refractivity contribution in [2.75, 3.05) is 23.3 Å². The molecule has 4 aromatic rings. The average Bonchev–Trinajstić information content (AvgIpc) is 3.57. The van der Waals surface area contributed by atoms with Gasteiger partial charge in [0.2, 0.25) is 5.95 Å². The Kier molecular flexibility index (Phi) is 11.4. The lowest BCUT2D eigenvalue weighted by Gasteiger charge is -2.23. The van der Waals surface area contributed by atoms with Crippen LogP contribution in [0.15, 0.2) is 95.3 Å². The Hall–Kier alpha value is -4.75. The van der Waals surface area contributed by atoms with Crippen LogP contribution in [0, 0.1) is 23.4 Å². The highest BCUT2D eigenvalue weighted by molar-refractivity contribution is 7.92. The molecule has 278 valence electrons. The van der Waals surface area contributed by atoms with Crippen molar-refractivity contribution in [2.45, 2.75) is 81.6 Å². The Morgan fingerprint density at radius 1 is 0.849 bits per heavy atom. The second kappa shape index (κ2) is 16.5. The summed E-state index contributed by atoms with van der Waals surface area (Å²) in [6, 6.07) is 8.67. The lowest BCUT2D eigenvalue weighted by Crippen LogP contribution is -2.17. The van der Waals surface area contributed by atoms with E-state index in [1.165, 1.54) is 23.8 Å². The normalized spacial score (nSPS) is 19.9. The minimum atomic E-state index is -4.82. The van der Waals surface area contributed by atoms with Crippen LogP contribution < -0.4 is 10.0 Å². The van der Waals surface area contributed by atoms with E-state index in [2.05, 4.69) is 28.5 Å². The molecular weight excluding hydrogens is 702 g/mol. The number of hydrogen-bond acceptors (Lipinski definition) is 7. The highest BCUT2D eigenvalue weighted by Gasteiger charge is 2.28. The second-order valence-corrected chi connectivity index (χ2v) is 15.4. The first-order chi connectivity index (χ1) is 25.8. The van der Waals surface area contributed by atoms with Crippen molar-refractivity contribution >= 4 is 21.7 Å². The van der Waals surface area contributed by atoms with Crippen molar-refractivity contribution in [1.82, 2.24) is 19.7 Å². The molecule has 2 N–H and O–H groups in total. The lowest BCUT2D eigenvalue weighted by atomic mass is 9.86. The van der Waals surface area contributed by atoms with Gasteiger partial charge >= 0.3 is 0 Å². The van der Waals surface area contributed by atoms with Gasteiger partial charge in [-0.05, 0) is 93.3 Å².